The third-order valence-electron chi connectivity index (χ3n) is 5.96. The van der Waals surface area contributed by atoms with Gasteiger partial charge in [0.1, 0.15) is 12.2 Å². The number of urea groups is 1. The molecule has 2 aromatic rings. The Bertz CT molecular complexity index is 738. The minimum absolute atomic E-state index is 0.0438. The lowest BCUT2D eigenvalue weighted by Crippen LogP contribution is -2.52. The van der Waals surface area contributed by atoms with Gasteiger partial charge in [-0.3, -0.25) is 14.9 Å². The highest BCUT2D eigenvalue weighted by molar-refractivity contribution is 5.74. The van der Waals surface area contributed by atoms with Crippen molar-refractivity contribution < 1.29 is 4.79 Å². The zero-order valence-electron chi connectivity index (χ0n) is 17.0. The second-order valence-corrected chi connectivity index (χ2v) is 7.90. The van der Waals surface area contributed by atoms with E-state index in [-0.39, 0.29) is 12.1 Å². The Kier molecular flexibility index (Phi) is 6.74. The summed E-state index contributed by atoms with van der Waals surface area (Å²) in [6.07, 6.45) is 5.32. The van der Waals surface area contributed by atoms with Gasteiger partial charge in [-0.2, -0.15) is 5.10 Å². The van der Waals surface area contributed by atoms with Crippen LogP contribution in [0.1, 0.15) is 36.7 Å². The number of piperazine rings is 1. The van der Waals surface area contributed by atoms with Gasteiger partial charge in [0.2, 0.25) is 0 Å². The summed E-state index contributed by atoms with van der Waals surface area (Å²) in [5.41, 5.74) is 1.28. The maximum atomic E-state index is 12.8. The summed E-state index contributed by atoms with van der Waals surface area (Å²) in [5, 5.41) is 10.00. The van der Waals surface area contributed by atoms with E-state index in [4.69, 9.17) is 0 Å². The van der Waals surface area contributed by atoms with Gasteiger partial charge in [-0.15, -0.1) is 0 Å². The number of aromatic nitrogens is 3. The molecule has 29 heavy (non-hydrogen) atoms. The lowest BCUT2D eigenvalue weighted by atomic mass is 10.0. The van der Waals surface area contributed by atoms with E-state index in [1.807, 2.05) is 11.0 Å². The van der Waals surface area contributed by atoms with E-state index < -0.39 is 0 Å². The second-order valence-electron chi connectivity index (χ2n) is 7.90. The third kappa shape index (κ3) is 5.33. The molecule has 0 saturated carbocycles. The molecule has 156 valence electrons. The van der Waals surface area contributed by atoms with Crippen molar-refractivity contribution in [1.29, 1.82) is 0 Å². The fraction of sp³-hybridized carbons (Fsp3) is 0.571. The summed E-state index contributed by atoms with van der Waals surface area (Å²) < 4.78 is 0. The molecule has 1 aromatic carbocycles. The maximum Gasteiger partial charge on any atom is 0.317 e. The van der Waals surface area contributed by atoms with Crippen LogP contribution in [0.15, 0.2) is 36.7 Å². The minimum Gasteiger partial charge on any atom is -0.336 e. The van der Waals surface area contributed by atoms with Crippen molar-refractivity contribution in [2.75, 3.05) is 45.8 Å². The predicted molar refractivity (Wildman–Crippen MR) is 111 cm³/mol. The summed E-state index contributed by atoms with van der Waals surface area (Å²) in [7, 11) is 0. The van der Waals surface area contributed by atoms with Gasteiger partial charge in [0, 0.05) is 32.7 Å². The number of likely N-dealkylation sites (tertiary alicyclic amines) is 1. The van der Waals surface area contributed by atoms with Crippen LogP contribution in [-0.4, -0.2) is 81.7 Å². The molecule has 0 unspecified atom stereocenters. The summed E-state index contributed by atoms with van der Waals surface area (Å²) in [4.78, 5) is 23.7. The van der Waals surface area contributed by atoms with Gasteiger partial charge >= 0.3 is 6.03 Å². The number of aromatic amines is 1. The van der Waals surface area contributed by atoms with E-state index in [2.05, 4.69) is 54.6 Å². The normalized spacial score (nSPS) is 19.8. The summed E-state index contributed by atoms with van der Waals surface area (Å²) >= 11 is 0. The first-order valence-electron chi connectivity index (χ1n) is 10.7. The lowest BCUT2D eigenvalue weighted by molar-refractivity contribution is 0.127. The van der Waals surface area contributed by atoms with Gasteiger partial charge < -0.3 is 10.2 Å². The minimum atomic E-state index is 0.0438. The molecule has 1 atom stereocenters. The first-order chi connectivity index (χ1) is 14.3. The Morgan fingerprint density at radius 1 is 1.03 bits per heavy atom. The summed E-state index contributed by atoms with van der Waals surface area (Å²) in [6.45, 7) is 6.79. The van der Waals surface area contributed by atoms with Crippen LogP contribution in [0.2, 0.25) is 0 Å². The zero-order chi connectivity index (χ0) is 19.9. The smallest absolute Gasteiger partial charge is 0.317 e. The van der Waals surface area contributed by atoms with Crippen molar-refractivity contribution in [3.05, 3.63) is 48.0 Å². The number of benzene rings is 1. The van der Waals surface area contributed by atoms with E-state index in [1.54, 1.807) is 0 Å². The average molecular weight is 398 g/mol. The van der Waals surface area contributed by atoms with Crippen LogP contribution in [0, 0.1) is 0 Å². The number of carbonyl (C=O) groups excluding carboxylic acids is 1. The fourth-order valence-corrected chi connectivity index (χ4v) is 4.29. The van der Waals surface area contributed by atoms with Crippen LogP contribution in [0.25, 0.3) is 0 Å². The number of nitrogens with zero attached hydrogens (tertiary/aromatic N) is 5. The van der Waals surface area contributed by atoms with Gasteiger partial charge in [-0.05, 0) is 31.5 Å². The van der Waals surface area contributed by atoms with Crippen LogP contribution in [-0.2, 0) is 6.54 Å². The molecule has 2 aliphatic rings. The monoisotopic (exact) mass is 397 g/mol. The molecule has 0 radical (unpaired) electrons. The number of hydrogen-bond acceptors (Lipinski definition) is 5. The molecular formula is C21H31N7O. The van der Waals surface area contributed by atoms with Crippen LogP contribution >= 0.6 is 0 Å². The fourth-order valence-electron chi connectivity index (χ4n) is 4.29. The molecule has 0 aliphatic carbocycles. The average Bonchev–Trinajstić information content (AvgIpc) is 3.29. The van der Waals surface area contributed by atoms with Gasteiger partial charge in [0.25, 0.3) is 0 Å². The topological polar surface area (TPSA) is 80.4 Å². The number of hydrogen-bond donors (Lipinski definition) is 2. The number of nitrogens with one attached hydrogen (secondary N) is 2. The Morgan fingerprint density at radius 2 is 1.79 bits per heavy atom. The zero-order valence-corrected chi connectivity index (χ0v) is 17.0. The Hall–Kier alpha value is -2.45. The number of H-pyrrole nitrogens is 1. The number of piperidine rings is 1. The van der Waals surface area contributed by atoms with Gasteiger partial charge in [0.05, 0.1) is 12.6 Å². The highest BCUT2D eigenvalue weighted by Crippen LogP contribution is 2.24. The largest absolute Gasteiger partial charge is 0.336 e. The number of amides is 2. The molecule has 0 bridgehead atoms. The third-order valence-corrected chi connectivity index (χ3v) is 5.96. The Labute approximate surface area is 172 Å². The second kappa shape index (κ2) is 9.84. The summed E-state index contributed by atoms with van der Waals surface area (Å²) in [5.74, 6) is 0.870. The van der Waals surface area contributed by atoms with Crippen molar-refractivity contribution in [3.8, 4) is 0 Å². The van der Waals surface area contributed by atoms with Crippen LogP contribution in [0.4, 0.5) is 4.79 Å². The molecule has 2 saturated heterocycles. The molecule has 2 amide bonds. The van der Waals surface area contributed by atoms with E-state index >= 15 is 0 Å². The lowest BCUT2D eigenvalue weighted by Gasteiger charge is -2.37. The van der Waals surface area contributed by atoms with E-state index in [1.165, 1.54) is 31.2 Å². The van der Waals surface area contributed by atoms with Crippen molar-refractivity contribution in [2.45, 2.75) is 31.8 Å². The van der Waals surface area contributed by atoms with Gasteiger partial charge in [-0.1, -0.05) is 36.8 Å². The molecular weight excluding hydrogens is 366 g/mol. The molecule has 8 nitrogen and oxygen atoms in total. The van der Waals surface area contributed by atoms with E-state index in [9.17, 15) is 4.79 Å². The predicted octanol–water partition coefficient (Wildman–Crippen LogP) is 1.86. The summed E-state index contributed by atoms with van der Waals surface area (Å²) in [6, 6.07) is 10.9. The van der Waals surface area contributed by atoms with Crippen LogP contribution in [0.5, 0.6) is 0 Å². The molecule has 4 rings (SSSR count). The molecule has 2 fully saturated rings. The standard InChI is InChI=1S/C21H31N7O/c29-21(28-13-11-26(12-14-28)16-20-23-17-24-25-20)22-15-19(18-7-3-1-4-8-18)27-9-5-2-6-10-27/h1,3-4,7-8,17,19H,2,5-6,9-16H2,(H,22,29)(H,23,24,25)/t19-/m0/s1. The van der Waals surface area contributed by atoms with Crippen molar-refractivity contribution >= 4 is 6.03 Å². The van der Waals surface area contributed by atoms with Crippen LogP contribution in [0.3, 0.4) is 0 Å². The quantitative estimate of drug-likeness (QED) is 0.778. The molecule has 2 N–H and O–H groups in total. The maximum absolute atomic E-state index is 12.8. The molecule has 2 aliphatic heterocycles. The molecule has 1 aromatic heterocycles. The van der Waals surface area contributed by atoms with Gasteiger partial charge in [0.15, 0.2) is 0 Å². The SMILES string of the molecule is O=C(NC[C@@H](c1ccccc1)N1CCCCC1)N1CCN(Cc2ncn[nH]2)CC1. The highest BCUT2D eigenvalue weighted by Gasteiger charge is 2.25. The van der Waals surface area contributed by atoms with Crippen LogP contribution < -0.4 is 5.32 Å². The van der Waals surface area contributed by atoms with Crippen molar-refractivity contribution in [2.24, 2.45) is 0 Å². The van der Waals surface area contributed by atoms with E-state index in [0.29, 0.717) is 6.54 Å². The number of carbonyl (C=O) groups is 1. The first-order valence-corrected chi connectivity index (χ1v) is 10.7. The van der Waals surface area contributed by atoms with Crippen molar-refractivity contribution in [3.63, 3.8) is 0 Å². The Morgan fingerprint density at radius 3 is 2.48 bits per heavy atom. The first kappa shape index (κ1) is 19.8. The number of rotatable bonds is 6. The molecule has 8 heteroatoms. The molecule has 0 spiro atoms. The van der Waals surface area contributed by atoms with E-state index in [0.717, 1.165) is 51.6 Å². The molecule has 3 heterocycles. The van der Waals surface area contributed by atoms with Gasteiger partial charge in [-0.25, -0.2) is 9.78 Å². The Balaban J connectivity index is 1.29. The highest BCUT2D eigenvalue weighted by atomic mass is 16.2. The van der Waals surface area contributed by atoms with Crippen molar-refractivity contribution in [1.82, 2.24) is 35.2 Å².